The fourth-order valence-electron chi connectivity index (χ4n) is 2.83. The summed E-state index contributed by atoms with van der Waals surface area (Å²) in [5.74, 6) is 1.08. The minimum absolute atomic E-state index is 0.0379. The minimum atomic E-state index is -3.53. The zero-order chi connectivity index (χ0) is 21.1. The lowest BCUT2D eigenvalue weighted by Gasteiger charge is -2.09. The Morgan fingerprint density at radius 3 is 2.00 bits per heavy atom. The van der Waals surface area contributed by atoms with E-state index in [4.69, 9.17) is 4.74 Å². The van der Waals surface area contributed by atoms with E-state index in [1.807, 2.05) is 31.2 Å². The molecular weight excluding hydrogens is 400 g/mol. The number of carbonyl (C=O) groups is 1. The van der Waals surface area contributed by atoms with Crippen LogP contribution in [-0.4, -0.2) is 20.4 Å². The standard InChI is InChI=1S/C23H22N2O4S/c1-16-2-10-20(11-3-16)29-21-12-8-18(9-13-21)24-23(26)17-4-14-22(15-5-17)30(27,28)25-19-6-7-19/h2-5,8-15,19,25H,6-7H2,1H3,(H,24,26). The summed E-state index contributed by atoms with van der Waals surface area (Å²) in [6.45, 7) is 2.01. The molecule has 0 radical (unpaired) electrons. The van der Waals surface area contributed by atoms with Gasteiger partial charge in [-0.1, -0.05) is 17.7 Å². The third-order valence-electron chi connectivity index (χ3n) is 4.69. The Hall–Kier alpha value is -3.16. The van der Waals surface area contributed by atoms with Crippen molar-refractivity contribution in [2.24, 2.45) is 0 Å². The van der Waals surface area contributed by atoms with Crippen LogP contribution < -0.4 is 14.8 Å². The third kappa shape index (κ3) is 5.06. The van der Waals surface area contributed by atoms with Gasteiger partial charge in [0.1, 0.15) is 11.5 Å². The number of amides is 1. The summed E-state index contributed by atoms with van der Waals surface area (Å²) in [4.78, 5) is 12.6. The number of anilines is 1. The lowest BCUT2D eigenvalue weighted by atomic mass is 10.2. The Kier molecular flexibility index (Phi) is 5.57. The lowest BCUT2D eigenvalue weighted by molar-refractivity contribution is 0.102. The molecular formula is C23H22N2O4S. The van der Waals surface area contributed by atoms with E-state index in [0.29, 0.717) is 17.0 Å². The van der Waals surface area contributed by atoms with Gasteiger partial charge in [0, 0.05) is 17.3 Å². The molecule has 30 heavy (non-hydrogen) atoms. The van der Waals surface area contributed by atoms with Gasteiger partial charge in [0.2, 0.25) is 10.0 Å². The smallest absolute Gasteiger partial charge is 0.255 e. The predicted octanol–water partition coefficient (Wildman–Crippen LogP) is 4.48. The van der Waals surface area contributed by atoms with E-state index in [9.17, 15) is 13.2 Å². The molecule has 1 saturated carbocycles. The van der Waals surface area contributed by atoms with Crippen LogP contribution in [0, 0.1) is 6.92 Å². The van der Waals surface area contributed by atoms with Crippen LogP contribution in [0.5, 0.6) is 11.5 Å². The van der Waals surface area contributed by atoms with Gasteiger partial charge in [-0.2, -0.15) is 0 Å². The molecule has 1 aliphatic rings. The number of hydrogen-bond acceptors (Lipinski definition) is 4. The van der Waals surface area contributed by atoms with Gasteiger partial charge in [-0.15, -0.1) is 0 Å². The Morgan fingerprint density at radius 1 is 0.867 bits per heavy atom. The van der Waals surface area contributed by atoms with Crippen molar-refractivity contribution >= 4 is 21.6 Å². The van der Waals surface area contributed by atoms with Crippen LogP contribution in [0.1, 0.15) is 28.8 Å². The Labute approximate surface area is 176 Å². The van der Waals surface area contributed by atoms with Gasteiger partial charge >= 0.3 is 0 Å². The maximum Gasteiger partial charge on any atom is 0.255 e. The molecule has 0 aromatic heterocycles. The summed E-state index contributed by atoms with van der Waals surface area (Å²) in [5, 5.41) is 2.80. The number of nitrogens with one attached hydrogen (secondary N) is 2. The summed E-state index contributed by atoms with van der Waals surface area (Å²) >= 11 is 0. The SMILES string of the molecule is Cc1ccc(Oc2ccc(NC(=O)c3ccc(S(=O)(=O)NC4CC4)cc3)cc2)cc1. The van der Waals surface area contributed by atoms with Crippen LogP contribution >= 0.6 is 0 Å². The molecule has 2 N–H and O–H groups in total. The first kappa shape index (κ1) is 20.1. The molecule has 1 fully saturated rings. The van der Waals surface area contributed by atoms with Gasteiger partial charge in [-0.05, 0) is 80.4 Å². The quantitative estimate of drug-likeness (QED) is 0.588. The summed E-state index contributed by atoms with van der Waals surface area (Å²) in [6, 6.07) is 20.7. The van der Waals surface area contributed by atoms with E-state index in [2.05, 4.69) is 10.0 Å². The normalized spacial score (nSPS) is 13.6. The van der Waals surface area contributed by atoms with E-state index in [1.54, 1.807) is 24.3 Å². The molecule has 6 nitrogen and oxygen atoms in total. The van der Waals surface area contributed by atoms with Crippen LogP contribution in [0.15, 0.2) is 77.7 Å². The molecule has 1 aliphatic carbocycles. The number of ether oxygens (including phenoxy) is 1. The van der Waals surface area contributed by atoms with Gasteiger partial charge in [0.25, 0.3) is 5.91 Å². The summed E-state index contributed by atoms with van der Waals surface area (Å²) in [6.07, 6.45) is 1.74. The predicted molar refractivity (Wildman–Crippen MR) is 115 cm³/mol. The van der Waals surface area contributed by atoms with E-state index in [-0.39, 0.29) is 16.8 Å². The number of benzene rings is 3. The van der Waals surface area contributed by atoms with E-state index >= 15 is 0 Å². The number of carbonyl (C=O) groups excluding carboxylic acids is 1. The third-order valence-corrected chi connectivity index (χ3v) is 6.23. The minimum Gasteiger partial charge on any atom is -0.457 e. The number of sulfonamides is 1. The maximum absolute atomic E-state index is 12.5. The number of rotatable bonds is 7. The fourth-order valence-corrected chi connectivity index (χ4v) is 4.13. The highest BCUT2D eigenvalue weighted by molar-refractivity contribution is 7.89. The largest absolute Gasteiger partial charge is 0.457 e. The highest BCUT2D eigenvalue weighted by atomic mass is 32.2. The average Bonchev–Trinajstić information content (AvgIpc) is 3.54. The van der Waals surface area contributed by atoms with Crippen LogP contribution in [0.3, 0.4) is 0 Å². The van der Waals surface area contributed by atoms with Gasteiger partial charge in [-0.3, -0.25) is 4.79 Å². The van der Waals surface area contributed by atoms with Crippen molar-refractivity contribution in [3.63, 3.8) is 0 Å². The molecule has 0 spiro atoms. The molecule has 0 bridgehead atoms. The van der Waals surface area contributed by atoms with Crippen LogP contribution in [0.2, 0.25) is 0 Å². The highest BCUT2D eigenvalue weighted by Crippen LogP contribution is 2.24. The first-order valence-corrected chi connectivity index (χ1v) is 11.2. The first-order chi connectivity index (χ1) is 14.4. The van der Waals surface area contributed by atoms with Gasteiger partial charge in [-0.25, -0.2) is 13.1 Å². The monoisotopic (exact) mass is 422 g/mol. The van der Waals surface area contributed by atoms with Crippen molar-refractivity contribution in [1.29, 1.82) is 0 Å². The van der Waals surface area contributed by atoms with Crippen molar-refractivity contribution in [2.75, 3.05) is 5.32 Å². The number of hydrogen-bond donors (Lipinski definition) is 2. The zero-order valence-electron chi connectivity index (χ0n) is 16.5. The molecule has 0 unspecified atom stereocenters. The summed E-state index contributed by atoms with van der Waals surface area (Å²) in [5.41, 5.74) is 2.15. The molecule has 4 rings (SSSR count). The van der Waals surface area contributed by atoms with Crippen molar-refractivity contribution < 1.29 is 17.9 Å². The number of aryl methyl sites for hydroxylation is 1. The van der Waals surface area contributed by atoms with E-state index in [0.717, 1.165) is 24.2 Å². The summed E-state index contributed by atoms with van der Waals surface area (Å²) in [7, 11) is -3.53. The Bertz CT molecular complexity index is 1140. The lowest BCUT2D eigenvalue weighted by Crippen LogP contribution is -2.25. The van der Waals surface area contributed by atoms with E-state index < -0.39 is 10.0 Å². The molecule has 0 atom stereocenters. The topological polar surface area (TPSA) is 84.5 Å². The van der Waals surface area contributed by atoms with Crippen molar-refractivity contribution in [2.45, 2.75) is 30.7 Å². The van der Waals surface area contributed by atoms with Gasteiger partial charge in [0.05, 0.1) is 4.90 Å². The molecule has 1 amide bonds. The fraction of sp³-hybridized carbons (Fsp3) is 0.174. The second kappa shape index (κ2) is 8.30. The molecule has 0 heterocycles. The van der Waals surface area contributed by atoms with Gasteiger partial charge < -0.3 is 10.1 Å². The van der Waals surface area contributed by atoms with Gasteiger partial charge in [0.15, 0.2) is 0 Å². The Balaban J connectivity index is 1.37. The van der Waals surface area contributed by atoms with Crippen molar-refractivity contribution in [3.05, 3.63) is 83.9 Å². The average molecular weight is 423 g/mol. The zero-order valence-corrected chi connectivity index (χ0v) is 17.3. The van der Waals surface area contributed by atoms with Crippen LogP contribution in [-0.2, 0) is 10.0 Å². The van der Waals surface area contributed by atoms with Crippen molar-refractivity contribution in [1.82, 2.24) is 4.72 Å². The molecule has 0 saturated heterocycles. The Morgan fingerprint density at radius 2 is 1.43 bits per heavy atom. The molecule has 0 aliphatic heterocycles. The molecule has 3 aromatic rings. The molecule has 3 aromatic carbocycles. The highest BCUT2D eigenvalue weighted by Gasteiger charge is 2.27. The molecule has 154 valence electrons. The maximum atomic E-state index is 12.5. The van der Waals surface area contributed by atoms with Crippen molar-refractivity contribution in [3.8, 4) is 11.5 Å². The second-order valence-electron chi connectivity index (χ2n) is 7.31. The van der Waals surface area contributed by atoms with E-state index in [1.165, 1.54) is 24.3 Å². The first-order valence-electron chi connectivity index (χ1n) is 9.67. The molecule has 7 heteroatoms. The van der Waals surface area contributed by atoms with Crippen LogP contribution in [0.25, 0.3) is 0 Å². The second-order valence-corrected chi connectivity index (χ2v) is 9.03. The summed E-state index contributed by atoms with van der Waals surface area (Å²) < 4.78 is 32.8. The van der Waals surface area contributed by atoms with Crippen LogP contribution in [0.4, 0.5) is 5.69 Å².